The van der Waals surface area contributed by atoms with E-state index in [1.807, 2.05) is 20.2 Å². The van der Waals surface area contributed by atoms with Crippen molar-refractivity contribution in [3.05, 3.63) is 29.8 Å². The molecule has 72 valence electrons. The number of para-hydroxylation sites is 1. The van der Waals surface area contributed by atoms with Gasteiger partial charge in [0.05, 0.1) is 11.3 Å². The van der Waals surface area contributed by atoms with E-state index in [0.717, 1.165) is 5.69 Å². The van der Waals surface area contributed by atoms with Crippen molar-refractivity contribution >= 4 is 11.7 Å². The van der Waals surface area contributed by atoms with E-state index in [2.05, 4.69) is 0 Å². The first-order valence-electron chi connectivity index (χ1n) is 3.62. The van der Waals surface area contributed by atoms with Crippen LogP contribution in [0.5, 0.6) is 0 Å². The van der Waals surface area contributed by atoms with Gasteiger partial charge in [-0.1, -0.05) is 12.1 Å². The van der Waals surface area contributed by atoms with Gasteiger partial charge in [-0.15, -0.1) is 0 Å². The fraction of sp³-hybridized carbons (Fsp3) is 0.222. The van der Waals surface area contributed by atoms with Crippen molar-refractivity contribution in [2.24, 2.45) is 0 Å². The van der Waals surface area contributed by atoms with E-state index in [4.69, 9.17) is 5.11 Å². The Labute approximate surface area is 76.7 Å². The molecule has 0 amide bonds. The second kappa shape index (κ2) is 4.47. The van der Waals surface area contributed by atoms with Crippen LogP contribution in [0.15, 0.2) is 24.3 Å². The Kier molecular flexibility index (Phi) is 3.94. The Balaban J connectivity index is 0.00000144. The molecule has 0 heterocycles. The Morgan fingerprint density at radius 1 is 1.31 bits per heavy atom. The van der Waals surface area contributed by atoms with Gasteiger partial charge < -0.3 is 15.5 Å². The molecule has 0 saturated heterocycles. The Bertz CT molecular complexity index is 297. The normalized spacial score (nSPS) is 8.77. The van der Waals surface area contributed by atoms with E-state index in [-0.39, 0.29) is 5.48 Å². The number of aromatic carboxylic acids is 1. The summed E-state index contributed by atoms with van der Waals surface area (Å²) in [5.41, 5.74) is 1.06. The van der Waals surface area contributed by atoms with Gasteiger partial charge in [-0.05, 0) is 12.1 Å². The van der Waals surface area contributed by atoms with Crippen LogP contribution in [0.1, 0.15) is 10.4 Å². The molecule has 0 spiro atoms. The summed E-state index contributed by atoms with van der Waals surface area (Å²) in [6.07, 6.45) is 0. The van der Waals surface area contributed by atoms with E-state index in [1.165, 1.54) is 0 Å². The van der Waals surface area contributed by atoms with Gasteiger partial charge in [-0.25, -0.2) is 4.79 Å². The molecule has 0 saturated carbocycles. The molecule has 1 rings (SSSR count). The van der Waals surface area contributed by atoms with Crippen LogP contribution in [-0.4, -0.2) is 30.6 Å². The Morgan fingerprint density at radius 3 is 2.23 bits per heavy atom. The Morgan fingerprint density at radius 2 is 1.85 bits per heavy atom. The third-order valence-corrected chi connectivity index (χ3v) is 1.62. The number of hydrogen-bond donors (Lipinski definition) is 1. The van der Waals surface area contributed by atoms with Crippen molar-refractivity contribution in [3.63, 3.8) is 0 Å². The molecule has 0 atom stereocenters. The quantitative estimate of drug-likeness (QED) is 0.730. The number of carboxylic acid groups (broad SMARTS) is 1. The van der Waals surface area contributed by atoms with Gasteiger partial charge in [0.2, 0.25) is 0 Å². The Hall–Kier alpha value is -1.55. The van der Waals surface area contributed by atoms with Crippen LogP contribution < -0.4 is 4.90 Å². The number of rotatable bonds is 2. The molecule has 0 aliphatic rings. The predicted octanol–water partition coefficient (Wildman–Crippen LogP) is 0.626. The third kappa shape index (κ3) is 2.45. The number of benzene rings is 1. The lowest BCUT2D eigenvalue weighted by Gasteiger charge is -2.14. The van der Waals surface area contributed by atoms with Gasteiger partial charge in [0.15, 0.2) is 0 Å². The zero-order chi connectivity index (χ0) is 9.14. The second-order valence-corrected chi connectivity index (χ2v) is 2.72. The number of anilines is 1. The van der Waals surface area contributed by atoms with Crippen molar-refractivity contribution in [1.29, 1.82) is 0 Å². The van der Waals surface area contributed by atoms with Crippen molar-refractivity contribution in [2.45, 2.75) is 0 Å². The first-order valence-corrected chi connectivity index (χ1v) is 3.62. The second-order valence-electron chi connectivity index (χ2n) is 2.72. The zero-order valence-electron chi connectivity index (χ0n) is 7.61. The number of carbonyl (C=O) groups is 1. The number of carboxylic acids is 1. The predicted molar refractivity (Wildman–Crippen MR) is 51.3 cm³/mol. The molecule has 4 nitrogen and oxygen atoms in total. The summed E-state index contributed by atoms with van der Waals surface area (Å²) in [7, 11) is 3.64. The highest BCUT2D eigenvalue weighted by Crippen LogP contribution is 2.17. The highest BCUT2D eigenvalue weighted by Gasteiger charge is 2.09. The molecule has 0 radical (unpaired) electrons. The third-order valence-electron chi connectivity index (χ3n) is 1.62. The van der Waals surface area contributed by atoms with Crippen LogP contribution in [0.2, 0.25) is 0 Å². The molecular weight excluding hydrogens is 170 g/mol. The summed E-state index contributed by atoms with van der Waals surface area (Å²) in [6.45, 7) is 0. The van der Waals surface area contributed by atoms with Crippen LogP contribution in [0.3, 0.4) is 0 Å². The molecule has 0 bridgehead atoms. The van der Waals surface area contributed by atoms with E-state index in [9.17, 15) is 4.79 Å². The average molecular weight is 183 g/mol. The maximum Gasteiger partial charge on any atom is 0.337 e. The molecule has 0 unspecified atom stereocenters. The molecule has 0 aliphatic carbocycles. The molecule has 1 aromatic carbocycles. The lowest BCUT2D eigenvalue weighted by Crippen LogP contribution is -2.13. The van der Waals surface area contributed by atoms with E-state index in [1.54, 1.807) is 23.1 Å². The average Bonchev–Trinajstić information content (AvgIpc) is 2.04. The van der Waals surface area contributed by atoms with E-state index in [0.29, 0.717) is 5.56 Å². The lowest BCUT2D eigenvalue weighted by atomic mass is 10.2. The van der Waals surface area contributed by atoms with Crippen LogP contribution >= 0.6 is 0 Å². The van der Waals surface area contributed by atoms with Crippen LogP contribution in [-0.2, 0) is 0 Å². The van der Waals surface area contributed by atoms with Crippen LogP contribution in [0.4, 0.5) is 5.69 Å². The maximum absolute atomic E-state index is 10.7. The monoisotopic (exact) mass is 183 g/mol. The smallest absolute Gasteiger partial charge is 0.337 e. The summed E-state index contributed by atoms with van der Waals surface area (Å²) in [5.74, 6) is -0.890. The molecule has 0 aliphatic heterocycles. The van der Waals surface area contributed by atoms with Crippen molar-refractivity contribution in [1.82, 2.24) is 0 Å². The number of hydrogen-bond acceptors (Lipinski definition) is 2. The van der Waals surface area contributed by atoms with Gasteiger partial charge in [-0.3, -0.25) is 0 Å². The van der Waals surface area contributed by atoms with Crippen LogP contribution in [0.25, 0.3) is 0 Å². The highest BCUT2D eigenvalue weighted by atomic mass is 16.4. The largest absolute Gasteiger partial charge is 0.478 e. The standard InChI is InChI=1S/C9H11NO2.H2O/c1-10(2)8-6-4-3-5-7(8)9(11)12;/h3-6H,1-2H3,(H,11,12);1H2. The zero-order valence-corrected chi connectivity index (χ0v) is 7.61. The lowest BCUT2D eigenvalue weighted by molar-refractivity contribution is 0.0697. The minimum absolute atomic E-state index is 0. The summed E-state index contributed by atoms with van der Waals surface area (Å²) < 4.78 is 0. The topological polar surface area (TPSA) is 72.0 Å². The molecule has 1 aromatic rings. The molecule has 0 fully saturated rings. The molecular formula is C9H13NO3. The molecule has 3 N–H and O–H groups in total. The van der Waals surface area contributed by atoms with Crippen molar-refractivity contribution < 1.29 is 15.4 Å². The van der Waals surface area contributed by atoms with E-state index < -0.39 is 5.97 Å². The van der Waals surface area contributed by atoms with E-state index >= 15 is 0 Å². The van der Waals surface area contributed by atoms with Crippen molar-refractivity contribution in [2.75, 3.05) is 19.0 Å². The molecule has 4 heteroatoms. The molecule has 13 heavy (non-hydrogen) atoms. The minimum atomic E-state index is -0.890. The summed E-state index contributed by atoms with van der Waals surface area (Å²) in [4.78, 5) is 12.5. The molecule has 0 aromatic heterocycles. The fourth-order valence-electron chi connectivity index (χ4n) is 1.04. The van der Waals surface area contributed by atoms with Gasteiger partial charge in [0.1, 0.15) is 0 Å². The first kappa shape index (κ1) is 11.4. The number of nitrogens with zero attached hydrogens (tertiary/aromatic N) is 1. The van der Waals surface area contributed by atoms with Crippen molar-refractivity contribution in [3.8, 4) is 0 Å². The summed E-state index contributed by atoms with van der Waals surface area (Å²) in [5, 5.41) is 8.79. The van der Waals surface area contributed by atoms with Gasteiger partial charge in [-0.2, -0.15) is 0 Å². The van der Waals surface area contributed by atoms with Gasteiger partial charge in [0, 0.05) is 14.1 Å². The summed E-state index contributed by atoms with van der Waals surface area (Å²) in [6, 6.07) is 6.92. The highest BCUT2D eigenvalue weighted by molar-refractivity contribution is 5.94. The van der Waals surface area contributed by atoms with Crippen LogP contribution in [0, 0.1) is 0 Å². The maximum atomic E-state index is 10.7. The SMILES string of the molecule is CN(C)c1ccccc1C(=O)O.O. The summed E-state index contributed by atoms with van der Waals surface area (Å²) >= 11 is 0. The van der Waals surface area contributed by atoms with Gasteiger partial charge in [0.25, 0.3) is 0 Å². The first-order chi connectivity index (χ1) is 5.63. The fourth-order valence-corrected chi connectivity index (χ4v) is 1.04. The minimum Gasteiger partial charge on any atom is -0.478 e. The van der Waals surface area contributed by atoms with Gasteiger partial charge >= 0.3 is 5.97 Å².